The molecule has 0 radical (unpaired) electrons. The highest BCUT2D eigenvalue weighted by Gasteiger charge is 2.47. The van der Waals surface area contributed by atoms with Crippen LogP contribution in [0, 0.1) is 5.92 Å². The molecule has 0 aliphatic carbocycles. The van der Waals surface area contributed by atoms with Crippen molar-refractivity contribution in [3.05, 3.63) is 133 Å². The van der Waals surface area contributed by atoms with E-state index in [4.69, 9.17) is 19.0 Å². The smallest absolute Gasteiger partial charge is 0.308 e. The number of ether oxygens (including phenoxy) is 3. The molecular weight excluding hydrogens is 711 g/mol. The summed E-state index contributed by atoms with van der Waals surface area (Å²) in [5.74, 6) is -1.54. The second kappa shape index (κ2) is 17.1. The van der Waals surface area contributed by atoms with Gasteiger partial charge in [0.1, 0.15) is 36.4 Å². The van der Waals surface area contributed by atoms with Gasteiger partial charge < -0.3 is 24.8 Å². The van der Waals surface area contributed by atoms with E-state index in [1.807, 2.05) is 92.7 Å². The maximum absolute atomic E-state index is 14.5. The van der Waals surface area contributed by atoms with Crippen LogP contribution in [0.1, 0.15) is 51.4 Å². The third-order valence-electron chi connectivity index (χ3n) is 9.21. The molecule has 0 saturated heterocycles. The minimum absolute atomic E-state index is 0.149. The topological polar surface area (TPSA) is 141 Å². The molecule has 1 unspecified atom stereocenters. The second-order valence-corrected chi connectivity index (χ2v) is 15.1. The van der Waals surface area contributed by atoms with E-state index < -0.39 is 54.0 Å². The molecule has 2 amide bonds. The molecule has 56 heavy (non-hydrogen) atoms. The van der Waals surface area contributed by atoms with E-state index in [2.05, 4.69) is 16.1 Å². The summed E-state index contributed by atoms with van der Waals surface area (Å²) in [7, 11) is 0. The molecule has 0 fully saturated rings. The van der Waals surface area contributed by atoms with Crippen LogP contribution in [0.3, 0.4) is 0 Å². The van der Waals surface area contributed by atoms with Crippen molar-refractivity contribution >= 4 is 45.1 Å². The van der Waals surface area contributed by atoms with Crippen molar-refractivity contribution in [2.24, 2.45) is 5.92 Å². The number of para-hydroxylation sites is 1. The Morgan fingerprint density at radius 3 is 2.02 bits per heavy atom. The zero-order valence-electron chi connectivity index (χ0n) is 32.2. The maximum Gasteiger partial charge on any atom is 0.308 e. The van der Waals surface area contributed by atoms with Crippen LogP contribution in [0.15, 0.2) is 127 Å². The van der Waals surface area contributed by atoms with Crippen LogP contribution in [0.25, 0.3) is 21.5 Å². The van der Waals surface area contributed by atoms with E-state index in [-0.39, 0.29) is 18.4 Å². The van der Waals surface area contributed by atoms with E-state index >= 15 is 0 Å². The lowest BCUT2D eigenvalue weighted by atomic mass is 9.95. The number of hydrogen-bond acceptors (Lipinski definition) is 9. The Balaban J connectivity index is 1.26. The number of benzene rings is 5. The predicted octanol–water partition coefficient (Wildman–Crippen LogP) is 6.85. The van der Waals surface area contributed by atoms with Crippen LogP contribution in [0.2, 0.25) is 0 Å². The summed E-state index contributed by atoms with van der Waals surface area (Å²) >= 11 is 0. The molecule has 1 heterocycles. The quantitative estimate of drug-likeness (QED) is 0.0979. The van der Waals surface area contributed by atoms with Gasteiger partial charge in [-0.1, -0.05) is 92.7 Å². The Morgan fingerprint density at radius 1 is 0.732 bits per heavy atom. The second-order valence-electron chi connectivity index (χ2n) is 15.1. The predicted molar refractivity (Wildman–Crippen MR) is 214 cm³/mol. The number of carbonyl (C=O) groups excluding carboxylic acids is 4. The molecule has 3 atom stereocenters. The van der Waals surface area contributed by atoms with Crippen molar-refractivity contribution in [1.82, 2.24) is 16.1 Å². The van der Waals surface area contributed by atoms with Crippen LogP contribution in [-0.2, 0) is 24.0 Å². The first-order valence-corrected chi connectivity index (χ1v) is 18.6. The lowest BCUT2D eigenvalue weighted by molar-refractivity contribution is -0.157. The molecule has 11 heteroatoms. The first kappa shape index (κ1) is 39.5. The standard InChI is InChI=1S/C45H47N3O8/c1-29(2)41(47-42(51)34-20-19-30-13-9-11-15-32(30)23-34)38-26-45(56-48-38,28-54-35-17-7-6-8-18-35)43(52)46-37(25-40(50)55-44(3,4)5)39(49)27-53-36-22-21-31-14-10-12-16-33(31)24-36/h6-24,26,29,37,41,48H,25,27-28H2,1-5H3,(H,46,52)(H,47,51)/t37-,41-,45?/m0/s1. The summed E-state index contributed by atoms with van der Waals surface area (Å²) in [4.78, 5) is 61.1. The number of hydroxylamine groups is 1. The SMILES string of the molecule is CC(C)[C@H](NC(=O)c1ccc2ccccc2c1)C1=CC(COc2ccccc2)(C(=O)N[C@@H](CC(=O)OC(C)(C)C)C(=O)COc2ccc3ccccc3c2)ON1. The molecule has 6 rings (SSSR count). The van der Waals surface area contributed by atoms with Crippen LogP contribution >= 0.6 is 0 Å². The third kappa shape index (κ3) is 9.91. The molecule has 0 spiro atoms. The van der Waals surface area contributed by atoms with Gasteiger partial charge in [-0.15, -0.1) is 0 Å². The summed E-state index contributed by atoms with van der Waals surface area (Å²) in [5.41, 5.74) is 1.09. The highest BCUT2D eigenvalue weighted by atomic mass is 16.7. The monoisotopic (exact) mass is 757 g/mol. The summed E-state index contributed by atoms with van der Waals surface area (Å²) < 4.78 is 17.5. The van der Waals surface area contributed by atoms with Crippen molar-refractivity contribution in [1.29, 1.82) is 0 Å². The Labute approximate surface area is 326 Å². The number of amides is 2. The molecule has 0 aromatic heterocycles. The van der Waals surface area contributed by atoms with Crippen molar-refractivity contribution in [3.63, 3.8) is 0 Å². The molecular formula is C45H47N3O8. The van der Waals surface area contributed by atoms with Gasteiger partial charge in [0.15, 0.2) is 5.78 Å². The van der Waals surface area contributed by atoms with Gasteiger partial charge in [-0.05, 0) is 90.7 Å². The molecule has 1 aliphatic heterocycles. The number of rotatable bonds is 15. The largest absolute Gasteiger partial charge is 0.490 e. The van der Waals surface area contributed by atoms with Gasteiger partial charge in [-0.2, -0.15) is 0 Å². The van der Waals surface area contributed by atoms with Gasteiger partial charge >= 0.3 is 5.97 Å². The summed E-state index contributed by atoms with van der Waals surface area (Å²) in [6.45, 7) is 8.26. The minimum atomic E-state index is -1.84. The Hall–Kier alpha value is -6.20. The van der Waals surface area contributed by atoms with Gasteiger partial charge in [-0.3, -0.25) is 29.5 Å². The number of fused-ring (bicyclic) bond motifs is 2. The average Bonchev–Trinajstić information content (AvgIpc) is 3.62. The Morgan fingerprint density at radius 2 is 1.36 bits per heavy atom. The molecule has 11 nitrogen and oxygen atoms in total. The first-order valence-electron chi connectivity index (χ1n) is 18.6. The normalized spacial score (nSPS) is 16.4. The van der Waals surface area contributed by atoms with Crippen molar-refractivity contribution in [2.75, 3.05) is 13.2 Å². The number of esters is 1. The number of nitrogens with one attached hydrogen (secondary N) is 3. The first-order chi connectivity index (χ1) is 26.8. The highest BCUT2D eigenvalue weighted by Crippen LogP contribution is 2.28. The van der Waals surface area contributed by atoms with Crippen molar-refractivity contribution in [3.8, 4) is 11.5 Å². The third-order valence-corrected chi connectivity index (χ3v) is 9.21. The van der Waals surface area contributed by atoms with Crippen LogP contribution < -0.4 is 25.6 Å². The lowest BCUT2D eigenvalue weighted by Crippen LogP contribution is -2.56. The van der Waals surface area contributed by atoms with Gasteiger partial charge in [0, 0.05) is 5.56 Å². The minimum Gasteiger partial charge on any atom is -0.490 e. The van der Waals surface area contributed by atoms with Gasteiger partial charge in [-0.25, -0.2) is 0 Å². The average molecular weight is 758 g/mol. The fraction of sp³-hybridized carbons (Fsp3) is 0.289. The molecule has 1 aliphatic rings. The van der Waals surface area contributed by atoms with Crippen LogP contribution in [0.4, 0.5) is 0 Å². The van der Waals surface area contributed by atoms with Crippen LogP contribution in [0.5, 0.6) is 11.5 Å². The summed E-state index contributed by atoms with van der Waals surface area (Å²) in [5, 5.41) is 9.70. The molecule has 3 N–H and O–H groups in total. The molecule has 0 saturated carbocycles. The van der Waals surface area contributed by atoms with Gasteiger partial charge in [0.2, 0.25) is 5.60 Å². The highest BCUT2D eigenvalue weighted by molar-refractivity contribution is 5.99. The molecule has 0 bridgehead atoms. The van der Waals surface area contributed by atoms with Gasteiger partial charge in [0.05, 0.1) is 18.2 Å². The van der Waals surface area contributed by atoms with Gasteiger partial charge in [0.25, 0.3) is 11.8 Å². The maximum atomic E-state index is 14.5. The van der Waals surface area contributed by atoms with Crippen molar-refractivity contribution in [2.45, 2.75) is 64.3 Å². The molecule has 290 valence electrons. The lowest BCUT2D eigenvalue weighted by Gasteiger charge is -2.28. The fourth-order valence-corrected chi connectivity index (χ4v) is 6.32. The zero-order chi connectivity index (χ0) is 39.9. The number of ketones is 1. The van der Waals surface area contributed by atoms with E-state index in [1.54, 1.807) is 63.2 Å². The number of carbonyl (C=O) groups is 4. The van der Waals surface area contributed by atoms with Crippen molar-refractivity contribution < 1.29 is 38.2 Å². The van der Waals surface area contributed by atoms with E-state index in [0.717, 1.165) is 21.5 Å². The van der Waals surface area contributed by atoms with E-state index in [9.17, 15) is 19.2 Å². The Bertz CT molecular complexity index is 2250. The number of Topliss-reactive ketones (excluding diaryl/α,β-unsaturated/α-hetero) is 1. The fourth-order valence-electron chi connectivity index (χ4n) is 6.32. The molecule has 5 aromatic rings. The van der Waals surface area contributed by atoms with Crippen LogP contribution in [-0.4, -0.2) is 60.1 Å². The summed E-state index contributed by atoms with van der Waals surface area (Å²) in [6, 6.07) is 33.4. The van der Waals surface area contributed by atoms with E-state index in [1.165, 1.54) is 0 Å². The Kier molecular flexibility index (Phi) is 12.0. The zero-order valence-corrected chi connectivity index (χ0v) is 32.2. The number of hydrogen-bond donors (Lipinski definition) is 3. The summed E-state index contributed by atoms with van der Waals surface area (Å²) in [6.07, 6.45) is 1.09. The molecule has 5 aromatic carbocycles. The van der Waals surface area contributed by atoms with E-state index in [0.29, 0.717) is 22.8 Å².